The van der Waals surface area contributed by atoms with Gasteiger partial charge in [-0.25, -0.2) is 8.78 Å². The molecule has 0 aliphatic rings. The summed E-state index contributed by atoms with van der Waals surface area (Å²) in [6, 6.07) is 3.84. The number of benzene rings is 1. The molecular weight excluding hydrogens is 182 g/mol. The van der Waals surface area contributed by atoms with Crippen LogP contribution in [-0.4, -0.2) is 0 Å². The van der Waals surface area contributed by atoms with Gasteiger partial charge in [-0.1, -0.05) is 26.8 Å². The van der Waals surface area contributed by atoms with Crippen LogP contribution < -0.4 is 0 Å². The zero-order chi connectivity index (χ0) is 10.7. The third-order valence-electron chi connectivity index (χ3n) is 2.61. The van der Waals surface area contributed by atoms with Crippen LogP contribution in [0.1, 0.15) is 38.7 Å². The van der Waals surface area contributed by atoms with Crippen molar-refractivity contribution in [3.05, 3.63) is 35.4 Å². The van der Waals surface area contributed by atoms with E-state index in [0.717, 1.165) is 12.5 Å². The Bertz CT molecular complexity index is 305. The first-order valence-corrected chi connectivity index (χ1v) is 5.01. The van der Waals surface area contributed by atoms with Gasteiger partial charge in [0.1, 0.15) is 11.6 Å². The molecule has 0 aromatic heterocycles. The average Bonchev–Trinajstić information content (AvgIpc) is 2.09. The van der Waals surface area contributed by atoms with E-state index in [1.165, 1.54) is 6.07 Å². The molecule has 2 heteroatoms. The maximum Gasteiger partial charge on any atom is 0.129 e. The SMILES string of the molecule is CC[C@@H](c1ccc(F)cc1F)C(C)C. The highest BCUT2D eigenvalue weighted by molar-refractivity contribution is 5.23. The molecule has 0 saturated carbocycles. The van der Waals surface area contributed by atoms with Crippen molar-refractivity contribution in [2.75, 3.05) is 0 Å². The van der Waals surface area contributed by atoms with Crippen LogP contribution in [0, 0.1) is 17.6 Å². The summed E-state index contributed by atoms with van der Waals surface area (Å²) in [5.41, 5.74) is 0.629. The third kappa shape index (κ3) is 2.31. The van der Waals surface area contributed by atoms with Crippen molar-refractivity contribution in [3.63, 3.8) is 0 Å². The summed E-state index contributed by atoms with van der Waals surface area (Å²) in [7, 11) is 0. The van der Waals surface area contributed by atoms with Crippen LogP contribution in [0.5, 0.6) is 0 Å². The molecule has 1 aromatic rings. The maximum atomic E-state index is 13.4. The molecule has 0 bridgehead atoms. The first kappa shape index (κ1) is 11.2. The molecule has 0 heterocycles. The van der Waals surface area contributed by atoms with Gasteiger partial charge in [0.15, 0.2) is 0 Å². The molecule has 78 valence electrons. The summed E-state index contributed by atoms with van der Waals surface area (Å²) >= 11 is 0. The Labute approximate surface area is 84.0 Å². The number of halogens is 2. The van der Waals surface area contributed by atoms with Crippen LogP contribution in [0.2, 0.25) is 0 Å². The maximum absolute atomic E-state index is 13.4. The van der Waals surface area contributed by atoms with Crippen LogP contribution >= 0.6 is 0 Å². The van der Waals surface area contributed by atoms with Gasteiger partial charge >= 0.3 is 0 Å². The van der Waals surface area contributed by atoms with Crippen molar-refractivity contribution in [2.24, 2.45) is 5.92 Å². The normalized spacial score (nSPS) is 13.3. The Morgan fingerprint density at radius 3 is 2.29 bits per heavy atom. The molecule has 0 unspecified atom stereocenters. The van der Waals surface area contributed by atoms with Crippen LogP contribution in [0.4, 0.5) is 8.78 Å². The molecule has 14 heavy (non-hydrogen) atoms. The number of rotatable bonds is 3. The third-order valence-corrected chi connectivity index (χ3v) is 2.61. The van der Waals surface area contributed by atoms with Crippen LogP contribution in [0.15, 0.2) is 18.2 Å². The molecular formula is C12H16F2. The Balaban J connectivity index is 3.04. The minimum atomic E-state index is -0.509. The largest absolute Gasteiger partial charge is 0.207 e. The molecule has 0 nitrogen and oxygen atoms in total. The van der Waals surface area contributed by atoms with E-state index in [4.69, 9.17) is 0 Å². The molecule has 0 fully saturated rings. The highest BCUT2D eigenvalue weighted by Gasteiger charge is 2.17. The van der Waals surface area contributed by atoms with Gasteiger partial charge in [0.2, 0.25) is 0 Å². The summed E-state index contributed by atoms with van der Waals surface area (Å²) in [5.74, 6) is -0.383. The Morgan fingerprint density at radius 1 is 1.21 bits per heavy atom. The van der Waals surface area contributed by atoms with Gasteiger partial charge in [-0.3, -0.25) is 0 Å². The van der Waals surface area contributed by atoms with Crippen LogP contribution in [0.3, 0.4) is 0 Å². The smallest absolute Gasteiger partial charge is 0.129 e. The molecule has 0 amide bonds. The summed E-state index contributed by atoms with van der Waals surface area (Å²) in [6.07, 6.45) is 0.875. The fourth-order valence-corrected chi connectivity index (χ4v) is 1.85. The van der Waals surface area contributed by atoms with Gasteiger partial charge in [-0.15, -0.1) is 0 Å². The van der Waals surface area contributed by atoms with Crippen molar-refractivity contribution in [1.29, 1.82) is 0 Å². The van der Waals surface area contributed by atoms with Gasteiger partial charge in [-0.05, 0) is 29.9 Å². The van der Waals surface area contributed by atoms with Crippen LogP contribution in [-0.2, 0) is 0 Å². The first-order valence-electron chi connectivity index (χ1n) is 5.01. The summed E-state index contributed by atoms with van der Waals surface area (Å²) in [6.45, 7) is 6.13. The molecule has 1 aromatic carbocycles. The number of hydrogen-bond donors (Lipinski definition) is 0. The van der Waals surface area contributed by atoms with Crippen LogP contribution in [0.25, 0.3) is 0 Å². The van der Waals surface area contributed by atoms with Gasteiger partial charge in [0.25, 0.3) is 0 Å². The van der Waals surface area contributed by atoms with E-state index >= 15 is 0 Å². The number of hydrogen-bond acceptors (Lipinski definition) is 0. The minimum absolute atomic E-state index is 0.176. The van der Waals surface area contributed by atoms with E-state index in [-0.39, 0.29) is 5.92 Å². The standard InChI is InChI=1S/C12H16F2/c1-4-10(8(2)3)11-6-5-9(13)7-12(11)14/h5-8,10H,4H2,1-3H3/t10-/m1/s1. The molecule has 1 rings (SSSR count). The monoisotopic (exact) mass is 198 g/mol. The Kier molecular flexibility index (Phi) is 3.62. The van der Waals surface area contributed by atoms with E-state index < -0.39 is 11.6 Å². The minimum Gasteiger partial charge on any atom is -0.207 e. The van der Waals surface area contributed by atoms with Crippen molar-refractivity contribution >= 4 is 0 Å². The topological polar surface area (TPSA) is 0 Å². The van der Waals surface area contributed by atoms with Crippen molar-refractivity contribution in [3.8, 4) is 0 Å². The van der Waals surface area contributed by atoms with Gasteiger partial charge < -0.3 is 0 Å². The molecule has 0 aliphatic carbocycles. The van der Waals surface area contributed by atoms with Crippen molar-refractivity contribution < 1.29 is 8.78 Å². The molecule has 1 atom stereocenters. The van der Waals surface area contributed by atoms with E-state index in [1.807, 2.05) is 6.92 Å². The second kappa shape index (κ2) is 4.54. The van der Waals surface area contributed by atoms with E-state index in [0.29, 0.717) is 11.5 Å². The Morgan fingerprint density at radius 2 is 1.86 bits per heavy atom. The zero-order valence-electron chi connectivity index (χ0n) is 8.85. The highest BCUT2D eigenvalue weighted by atomic mass is 19.1. The van der Waals surface area contributed by atoms with E-state index in [1.54, 1.807) is 6.07 Å². The molecule has 0 spiro atoms. The van der Waals surface area contributed by atoms with E-state index in [9.17, 15) is 8.78 Å². The fourth-order valence-electron chi connectivity index (χ4n) is 1.85. The fraction of sp³-hybridized carbons (Fsp3) is 0.500. The lowest BCUT2D eigenvalue weighted by molar-refractivity contribution is 0.458. The van der Waals surface area contributed by atoms with Gasteiger partial charge in [-0.2, -0.15) is 0 Å². The predicted octanol–water partition coefficient (Wildman–Crippen LogP) is 4.11. The quantitative estimate of drug-likeness (QED) is 0.685. The second-order valence-corrected chi connectivity index (χ2v) is 3.92. The average molecular weight is 198 g/mol. The summed E-state index contributed by atoms with van der Waals surface area (Å²) in [4.78, 5) is 0. The van der Waals surface area contributed by atoms with Crippen molar-refractivity contribution in [1.82, 2.24) is 0 Å². The molecule has 0 radical (unpaired) electrons. The van der Waals surface area contributed by atoms with Gasteiger partial charge in [0.05, 0.1) is 0 Å². The molecule has 0 N–H and O–H groups in total. The lowest BCUT2D eigenvalue weighted by atomic mass is 9.86. The second-order valence-electron chi connectivity index (χ2n) is 3.92. The highest BCUT2D eigenvalue weighted by Crippen LogP contribution is 2.29. The molecule has 0 aliphatic heterocycles. The lowest BCUT2D eigenvalue weighted by Crippen LogP contribution is -2.07. The van der Waals surface area contributed by atoms with E-state index in [2.05, 4.69) is 13.8 Å². The Hall–Kier alpha value is -0.920. The summed E-state index contributed by atoms with van der Waals surface area (Å²) < 4.78 is 26.1. The first-order chi connectivity index (χ1) is 6.56. The lowest BCUT2D eigenvalue weighted by Gasteiger charge is -2.19. The predicted molar refractivity (Wildman–Crippen MR) is 54.2 cm³/mol. The molecule has 0 saturated heterocycles. The van der Waals surface area contributed by atoms with Crippen molar-refractivity contribution in [2.45, 2.75) is 33.1 Å². The van der Waals surface area contributed by atoms with Gasteiger partial charge in [0, 0.05) is 6.07 Å². The summed E-state index contributed by atoms with van der Waals surface area (Å²) in [5, 5.41) is 0. The zero-order valence-corrected chi connectivity index (χ0v) is 8.85.